The van der Waals surface area contributed by atoms with Crippen molar-refractivity contribution < 1.29 is 14.7 Å². The van der Waals surface area contributed by atoms with Crippen molar-refractivity contribution >= 4 is 17.7 Å². The number of carboxylic acid groups (broad SMARTS) is 1. The summed E-state index contributed by atoms with van der Waals surface area (Å²) in [5, 5.41) is 8.78. The number of piperazine rings is 1. The van der Waals surface area contributed by atoms with Gasteiger partial charge in [-0.25, -0.2) is 9.78 Å². The highest BCUT2D eigenvalue weighted by Gasteiger charge is 2.19. The zero-order valence-corrected chi connectivity index (χ0v) is 10.2. The Morgan fingerprint density at radius 1 is 1.22 bits per heavy atom. The first-order valence-electron chi connectivity index (χ1n) is 5.78. The van der Waals surface area contributed by atoms with Gasteiger partial charge in [0.2, 0.25) is 5.91 Å². The molecule has 1 fully saturated rings. The van der Waals surface area contributed by atoms with Crippen LogP contribution in [-0.2, 0) is 4.79 Å². The van der Waals surface area contributed by atoms with Crippen LogP contribution in [0.2, 0.25) is 0 Å². The largest absolute Gasteiger partial charge is 0.478 e. The van der Waals surface area contributed by atoms with Crippen molar-refractivity contribution in [1.82, 2.24) is 9.88 Å². The molecule has 1 amide bonds. The molecule has 6 nitrogen and oxygen atoms in total. The summed E-state index contributed by atoms with van der Waals surface area (Å²) >= 11 is 0. The van der Waals surface area contributed by atoms with E-state index >= 15 is 0 Å². The maximum atomic E-state index is 11.2. The van der Waals surface area contributed by atoms with E-state index in [1.807, 2.05) is 4.90 Å². The number of carbonyl (C=O) groups excluding carboxylic acids is 1. The van der Waals surface area contributed by atoms with E-state index in [2.05, 4.69) is 4.98 Å². The highest BCUT2D eigenvalue weighted by molar-refractivity contribution is 5.87. The minimum atomic E-state index is -0.976. The Hall–Kier alpha value is -2.11. The second-order valence-electron chi connectivity index (χ2n) is 4.20. The summed E-state index contributed by atoms with van der Waals surface area (Å²) in [5.41, 5.74) is 0.182. The van der Waals surface area contributed by atoms with Crippen LogP contribution < -0.4 is 4.90 Å². The molecule has 0 aromatic carbocycles. The molecule has 1 aliphatic rings. The van der Waals surface area contributed by atoms with Gasteiger partial charge in [0.1, 0.15) is 5.82 Å². The van der Waals surface area contributed by atoms with Crippen molar-refractivity contribution in [3.63, 3.8) is 0 Å². The van der Waals surface area contributed by atoms with Crippen LogP contribution in [0.3, 0.4) is 0 Å². The Kier molecular flexibility index (Phi) is 3.45. The third kappa shape index (κ3) is 2.58. The number of hydrogen-bond acceptors (Lipinski definition) is 4. The molecule has 2 rings (SSSR count). The van der Waals surface area contributed by atoms with E-state index in [9.17, 15) is 9.59 Å². The quantitative estimate of drug-likeness (QED) is 0.823. The number of carboxylic acids is 1. The molecule has 0 atom stereocenters. The minimum Gasteiger partial charge on any atom is -0.478 e. The zero-order valence-electron chi connectivity index (χ0n) is 10.2. The molecule has 96 valence electrons. The van der Waals surface area contributed by atoms with Crippen LogP contribution in [-0.4, -0.2) is 53.0 Å². The number of carbonyl (C=O) groups is 2. The number of aromatic nitrogens is 1. The Morgan fingerprint density at radius 2 is 1.89 bits per heavy atom. The van der Waals surface area contributed by atoms with E-state index in [1.54, 1.807) is 24.0 Å². The van der Waals surface area contributed by atoms with Crippen molar-refractivity contribution in [2.75, 3.05) is 31.1 Å². The van der Waals surface area contributed by atoms with Gasteiger partial charge in [0.05, 0.1) is 5.56 Å². The van der Waals surface area contributed by atoms with Gasteiger partial charge in [-0.1, -0.05) is 0 Å². The normalized spacial score (nSPS) is 15.6. The summed E-state index contributed by atoms with van der Waals surface area (Å²) in [6.07, 6.45) is 1.36. The molecular formula is C12H15N3O3. The van der Waals surface area contributed by atoms with Crippen LogP contribution in [0.15, 0.2) is 18.3 Å². The summed E-state index contributed by atoms with van der Waals surface area (Å²) in [5.74, 6) is -0.137. The maximum absolute atomic E-state index is 11.2. The standard InChI is InChI=1S/C12H15N3O3/c1-9(16)14-4-6-15(7-5-14)11-3-2-10(8-13-11)12(17)18/h2-3,8H,4-7H2,1H3,(H,17,18). The predicted molar refractivity (Wildman–Crippen MR) is 65.7 cm³/mol. The summed E-state index contributed by atoms with van der Waals surface area (Å²) in [6.45, 7) is 4.36. The molecule has 0 aliphatic carbocycles. The van der Waals surface area contributed by atoms with E-state index < -0.39 is 5.97 Å². The monoisotopic (exact) mass is 249 g/mol. The average Bonchev–Trinajstić information content (AvgIpc) is 2.39. The highest BCUT2D eigenvalue weighted by atomic mass is 16.4. The zero-order chi connectivity index (χ0) is 13.1. The third-order valence-electron chi connectivity index (χ3n) is 3.04. The summed E-state index contributed by atoms with van der Waals surface area (Å²) < 4.78 is 0. The lowest BCUT2D eigenvalue weighted by molar-refractivity contribution is -0.129. The first-order chi connectivity index (χ1) is 8.58. The Morgan fingerprint density at radius 3 is 2.33 bits per heavy atom. The maximum Gasteiger partial charge on any atom is 0.337 e. The first-order valence-corrected chi connectivity index (χ1v) is 5.78. The summed E-state index contributed by atoms with van der Waals surface area (Å²) in [7, 11) is 0. The molecule has 0 saturated carbocycles. The molecule has 0 spiro atoms. The second kappa shape index (κ2) is 5.03. The van der Waals surface area contributed by atoms with Crippen LogP contribution >= 0.6 is 0 Å². The van der Waals surface area contributed by atoms with E-state index in [0.29, 0.717) is 13.1 Å². The molecular weight excluding hydrogens is 234 g/mol. The van der Waals surface area contributed by atoms with Crippen molar-refractivity contribution in [1.29, 1.82) is 0 Å². The van der Waals surface area contributed by atoms with Crippen LogP contribution in [0.1, 0.15) is 17.3 Å². The van der Waals surface area contributed by atoms with Gasteiger partial charge < -0.3 is 14.9 Å². The number of hydrogen-bond donors (Lipinski definition) is 1. The molecule has 0 radical (unpaired) electrons. The van der Waals surface area contributed by atoms with Crippen LogP contribution in [0, 0.1) is 0 Å². The average molecular weight is 249 g/mol. The fraction of sp³-hybridized carbons (Fsp3) is 0.417. The van der Waals surface area contributed by atoms with Crippen molar-refractivity contribution in [2.24, 2.45) is 0 Å². The summed E-state index contributed by atoms with van der Waals surface area (Å²) in [4.78, 5) is 29.9. The summed E-state index contributed by atoms with van der Waals surface area (Å²) in [6, 6.07) is 3.24. The van der Waals surface area contributed by atoms with Gasteiger partial charge in [-0.2, -0.15) is 0 Å². The van der Waals surface area contributed by atoms with E-state index in [1.165, 1.54) is 6.20 Å². The van der Waals surface area contributed by atoms with Crippen LogP contribution in [0.4, 0.5) is 5.82 Å². The molecule has 1 saturated heterocycles. The molecule has 1 aromatic rings. The molecule has 1 aromatic heterocycles. The van der Waals surface area contributed by atoms with Gasteiger partial charge in [0.25, 0.3) is 0 Å². The topological polar surface area (TPSA) is 73.7 Å². The molecule has 6 heteroatoms. The fourth-order valence-corrected chi connectivity index (χ4v) is 1.95. The van der Waals surface area contributed by atoms with Gasteiger partial charge in [-0.05, 0) is 12.1 Å². The SMILES string of the molecule is CC(=O)N1CCN(c2ccc(C(=O)O)cn2)CC1. The fourth-order valence-electron chi connectivity index (χ4n) is 1.95. The van der Waals surface area contributed by atoms with E-state index in [4.69, 9.17) is 5.11 Å². The second-order valence-corrected chi connectivity index (χ2v) is 4.20. The molecule has 0 unspecified atom stereocenters. The molecule has 18 heavy (non-hydrogen) atoms. The van der Waals surface area contributed by atoms with Gasteiger partial charge in [-0.3, -0.25) is 4.79 Å². The Bertz CT molecular complexity index is 450. The smallest absolute Gasteiger partial charge is 0.337 e. The Labute approximate surface area is 105 Å². The van der Waals surface area contributed by atoms with Gasteiger partial charge in [0, 0.05) is 39.3 Å². The predicted octanol–water partition coefficient (Wildman–Crippen LogP) is 0.448. The number of rotatable bonds is 2. The number of anilines is 1. The lowest BCUT2D eigenvalue weighted by Gasteiger charge is -2.34. The number of pyridine rings is 1. The molecule has 1 N–H and O–H groups in total. The van der Waals surface area contributed by atoms with Crippen molar-refractivity contribution in [2.45, 2.75) is 6.92 Å². The molecule has 2 heterocycles. The first kappa shape index (κ1) is 12.3. The molecule has 0 bridgehead atoms. The lowest BCUT2D eigenvalue weighted by atomic mass is 10.2. The van der Waals surface area contributed by atoms with E-state index in [0.717, 1.165) is 18.9 Å². The third-order valence-corrected chi connectivity index (χ3v) is 3.04. The number of nitrogens with zero attached hydrogens (tertiary/aromatic N) is 3. The van der Waals surface area contributed by atoms with Crippen LogP contribution in [0.5, 0.6) is 0 Å². The van der Waals surface area contributed by atoms with Gasteiger partial charge in [-0.15, -0.1) is 0 Å². The number of amides is 1. The van der Waals surface area contributed by atoms with Crippen molar-refractivity contribution in [3.05, 3.63) is 23.9 Å². The van der Waals surface area contributed by atoms with Gasteiger partial charge >= 0.3 is 5.97 Å². The van der Waals surface area contributed by atoms with Gasteiger partial charge in [0.15, 0.2) is 0 Å². The number of aromatic carboxylic acids is 1. The molecule has 1 aliphatic heterocycles. The van der Waals surface area contributed by atoms with E-state index in [-0.39, 0.29) is 11.5 Å². The van der Waals surface area contributed by atoms with Crippen LogP contribution in [0.25, 0.3) is 0 Å². The highest BCUT2D eigenvalue weighted by Crippen LogP contribution is 2.14. The van der Waals surface area contributed by atoms with Crippen molar-refractivity contribution in [3.8, 4) is 0 Å². The minimum absolute atomic E-state index is 0.0869. The lowest BCUT2D eigenvalue weighted by Crippen LogP contribution is -2.48. The Balaban J connectivity index is 2.01.